The van der Waals surface area contributed by atoms with Gasteiger partial charge in [0.2, 0.25) is 10.0 Å². The second-order valence-corrected chi connectivity index (χ2v) is 7.43. The fourth-order valence-electron chi connectivity index (χ4n) is 2.64. The van der Waals surface area contributed by atoms with Crippen molar-refractivity contribution in [3.05, 3.63) is 24.3 Å². The largest absolute Gasteiger partial charge is 0.573 e. The Labute approximate surface area is 144 Å². The van der Waals surface area contributed by atoms with Crippen LogP contribution >= 0.6 is 0 Å². The third-order valence-corrected chi connectivity index (χ3v) is 5.41. The minimum absolute atomic E-state index is 0.0269. The molecule has 1 atom stereocenters. The van der Waals surface area contributed by atoms with E-state index in [1.165, 1.54) is 12.1 Å². The number of hydrogen-bond donors (Lipinski definition) is 2. The molecule has 0 aliphatic carbocycles. The Hall–Kier alpha value is -1.36. The zero-order valence-electron chi connectivity index (χ0n) is 13.3. The first-order valence-corrected chi connectivity index (χ1v) is 9.27. The van der Waals surface area contributed by atoms with E-state index in [2.05, 4.69) is 9.46 Å². The highest BCUT2D eigenvalue weighted by molar-refractivity contribution is 7.89. The molecular formula is C15H20F3NO5S. The number of benzene rings is 1. The van der Waals surface area contributed by atoms with Crippen molar-refractivity contribution in [2.45, 2.75) is 36.6 Å². The van der Waals surface area contributed by atoms with Crippen LogP contribution < -0.4 is 9.46 Å². The quantitative estimate of drug-likeness (QED) is 0.753. The Balaban J connectivity index is 1.97. The minimum atomic E-state index is -5.00. The molecule has 1 heterocycles. The average Bonchev–Trinajstić information content (AvgIpc) is 2.54. The highest BCUT2D eigenvalue weighted by Crippen LogP contribution is 2.29. The van der Waals surface area contributed by atoms with Crippen molar-refractivity contribution in [2.75, 3.05) is 19.8 Å². The van der Waals surface area contributed by atoms with Crippen molar-refractivity contribution in [2.24, 2.45) is 5.92 Å². The molecule has 1 saturated heterocycles. The van der Waals surface area contributed by atoms with Gasteiger partial charge >= 0.3 is 6.36 Å². The number of sulfonamides is 1. The highest BCUT2D eigenvalue weighted by Gasteiger charge is 2.34. The molecule has 25 heavy (non-hydrogen) atoms. The smallest absolute Gasteiger partial charge is 0.404 e. The normalized spacial score (nSPS) is 18.1. The Bertz CT molecular complexity index is 659. The van der Waals surface area contributed by atoms with Gasteiger partial charge < -0.3 is 14.6 Å². The molecule has 0 bridgehead atoms. The van der Waals surface area contributed by atoms with Crippen molar-refractivity contribution < 1.29 is 36.2 Å². The van der Waals surface area contributed by atoms with Crippen LogP contribution in [0, 0.1) is 5.92 Å². The molecule has 1 aromatic carbocycles. The van der Waals surface area contributed by atoms with E-state index in [0.717, 1.165) is 12.1 Å². The molecule has 1 aromatic rings. The predicted molar refractivity (Wildman–Crippen MR) is 82.5 cm³/mol. The summed E-state index contributed by atoms with van der Waals surface area (Å²) in [4.78, 5) is -0.604. The summed E-state index contributed by atoms with van der Waals surface area (Å²) in [5.74, 6) is -0.772. The molecule has 0 spiro atoms. The molecular weight excluding hydrogens is 363 g/mol. The lowest BCUT2D eigenvalue weighted by molar-refractivity contribution is -0.275. The maximum atomic E-state index is 12.4. The molecule has 1 aliphatic rings. The van der Waals surface area contributed by atoms with E-state index in [4.69, 9.17) is 4.74 Å². The number of aliphatic hydroxyl groups is 1. The van der Waals surface area contributed by atoms with Crippen LogP contribution in [0.4, 0.5) is 13.2 Å². The van der Waals surface area contributed by atoms with E-state index < -0.39 is 33.1 Å². The standard InChI is InChI=1S/C15H20F3NO5S/c16-15(17,18)24-13-3-1-2-4-14(13)25(21,22)19-8-5-12(20)11-6-9-23-10-7-11/h1-4,11-12,19-20H,5-10H2/t12-/m0/s1. The van der Waals surface area contributed by atoms with Crippen LogP contribution in [0.5, 0.6) is 5.75 Å². The maximum absolute atomic E-state index is 12.4. The highest BCUT2D eigenvalue weighted by atomic mass is 32.2. The molecule has 0 amide bonds. The molecule has 2 N–H and O–H groups in total. The molecule has 0 unspecified atom stereocenters. The molecule has 0 radical (unpaired) electrons. The van der Waals surface area contributed by atoms with Gasteiger partial charge in [-0.1, -0.05) is 12.1 Å². The Morgan fingerprint density at radius 2 is 1.92 bits per heavy atom. The lowest BCUT2D eigenvalue weighted by atomic mass is 9.92. The van der Waals surface area contributed by atoms with Crippen LogP contribution in [-0.4, -0.2) is 45.7 Å². The van der Waals surface area contributed by atoms with Crippen molar-refractivity contribution in [1.82, 2.24) is 4.72 Å². The summed E-state index contributed by atoms with van der Waals surface area (Å²) in [7, 11) is -4.20. The third-order valence-electron chi connectivity index (χ3n) is 3.91. The van der Waals surface area contributed by atoms with E-state index in [-0.39, 0.29) is 18.9 Å². The number of alkyl halides is 3. The number of halogens is 3. The van der Waals surface area contributed by atoms with Crippen molar-refractivity contribution in [3.8, 4) is 5.75 Å². The monoisotopic (exact) mass is 383 g/mol. The first kappa shape index (κ1) is 20.0. The van der Waals surface area contributed by atoms with Crippen molar-refractivity contribution in [3.63, 3.8) is 0 Å². The van der Waals surface area contributed by atoms with Crippen molar-refractivity contribution in [1.29, 1.82) is 0 Å². The molecule has 1 aliphatic heterocycles. The van der Waals surface area contributed by atoms with Crippen LogP contribution in [0.1, 0.15) is 19.3 Å². The fraction of sp³-hybridized carbons (Fsp3) is 0.600. The molecule has 1 fully saturated rings. The number of rotatable bonds is 7. The summed E-state index contributed by atoms with van der Waals surface area (Å²) >= 11 is 0. The molecule has 0 aromatic heterocycles. The van der Waals surface area contributed by atoms with Gasteiger partial charge in [-0.05, 0) is 37.3 Å². The average molecular weight is 383 g/mol. The number of nitrogens with one attached hydrogen (secondary N) is 1. The van der Waals surface area contributed by atoms with Crippen LogP contribution in [0.3, 0.4) is 0 Å². The minimum Gasteiger partial charge on any atom is -0.404 e. The summed E-state index contributed by atoms with van der Waals surface area (Å²) < 4.78 is 72.8. The van der Waals surface area contributed by atoms with Gasteiger partial charge in [0.05, 0.1) is 6.10 Å². The molecule has 6 nitrogen and oxygen atoms in total. The number of hydrogen-bond acceptors (Lipinski definition) is 5. The van der Waals surface area contributed by atoms with Gasteiger partial charge in [0.25, 0.3) is 0 Å². The van der Waals surface area contributed by atoms with Gasteiger partial charge in [0.1, 0.15) is 10.6 Å². The van der Waals surface area contributed by atoms with Crippen LogP contribution in [-0.2, 0) is 14.8 Å². The van der Waals surface area contributed by atoms with Gasteiger partial charge in [-0.3, -0.25) is 0 Å². The second kappa shape index (κ2) is 8.35. The Morgan fingerprint density at radius 1 is 1.28 bits per heavy atom. The first-order chi connectivity index (χ1) is 11.7. The summed E-state index contributed by atoms with van der Waals surface area (Å²) in [5, 5.41) is 10.1. The van der Waals surface area contributed by atoms with Gasteiger partial charge in [0, 0.05) is 19.8 Å². The predicted octanol–water partition coefficient (Wildman–Crippen LogP) is 2.04. The summed E-state index contributed by atoms with van der Waals surface area (Å²) in [6.45, 7) is 1.01. The van der Waals surface area contributed by atoms with E-state index >= 15 is 0 Å². The lowest BCUT2D eigenvalue weighted by Crippen LogP contribution is -2.32. The summed E-state index contributed by atoms with van der Waals surface area (Å²) in [6.07, 6.45) is -4.16. The number of para-hydroxylation sites is 1. The third kappa shape index (κ3) is 6.14. The van der Waals surface area contributed by atoms with E-state index in [1.807, 2.05) is 0 Å². The van der Waals surface area contributed by atoms with Crippen LogP contribution in [0.2, 0.25) is 0 Å². The number of aliphatic hydroxyl groups excluding tert-OH is 1. The second-order valence-electron chi connectivity index (χ2n) is 5.70. The summed E-state index contributed by atoms with van der Waals surface area (Å²) in [5.41, 5.74) is 0. The van der Waals surface area contributed by atoms with Gasteiger partial charge in [-0.25, -0.2) is 13.1 Å². The molecule has 10 heteroatoms. The zero-order chi connectivity index (χ0) is 18.5. The molecule has 2 rings (SSSR count). The van der Waals surface area contributed by atoms with E-state index in [0.29, 0.717) is 26.1 Å². The van der Waals surface area contributed by atoms with Gasteiger partial charge in [0.15, 0.2) is 0 Å². The van der Waals surface area contributed by atoms with Crippen LogP contribution in [0.25, 0.3) is 0 Å². The molecule has 0 saturated carbocycles. The Morgan fingerprint density at radius 3 is 2.56 bits per heavy atom. The van der Waals surface area contributed by atoms with Gasteiger partial charge in [-0.15, -0.1) is 13.2 Å². The Kier molecular flexibility index (Phi) is 6.66. The van der Waals surface area contributed by atoms with Crippen LogP contribution in [0.15, 0.2) is 29.2 Å². The van der Waals surface area contributed by atoms with Crippen molar-refractivity contribution >= 4 is 10.0 Å². The first-order valence-electron chi connectivity index (χ1n) is 7.79. The van der Waals surface area contributed by atoms with E-state index in [9.17, 15) is 26.7 Å². The van der Waals surface area contributed by atoms with E-state index in [1.54, 1.807) is 0 Å². The molecule has 142 valence electrons. The maximum Gasteiger partial charge on any atom is 0.573 e. The van der Waals surface area contributed by atoms with Gasteiger partial charge in [-0.2, -0.15) is 0 Å². The lowest BCUT2D eigenvalue weighted by Gasteiger charge is -2.26. The fourth-order valence-corrected chi connectivity index (χ4v) is 3.81. The number of ether oxygens (including phenoxy) is 2. The SMILES string of the molecule is O=S(=O)(NCC[C@H](O)C1CCOCC1)c1ccccc1OC(F)(F)F. The zero-order valence-corrected chi connectivity index (χ0v) is 14.1. The topological polar surface area (TPSA) is 84.9 Å². The summed E-state index contributed by atoms with van der Waals surface area (Å²) in [6, 6.07) is 4.50.